The molecule has 0 aliphatic heterocycles. The van der Waals surface area contributed by atoms with Gasteiger partial charge in [0.1, 0.15) is 0 Å². The summed E-state index contributed by atoms with van der Waals surface area (Å²) in [4.78, 5) is 11.3. The predicted octanol–water partition coefficient (Wildman–Crippen LogP) is 4.16. The molecule has 0 aliphatic rings. The van der Waals surface area contributed by atoms with E-state index in [1.165, 1.54) is 0 Å². The number of rotatable bonds is 5. The lowest BCUT2D eigenvalue weighted by Crippen LogP contribution is -2.21. The van der Waals surface area contributed by atoms with Crippen molar-refractivity contribution in [3.8, 4) is 0 Å². The van der Waals surface area contributed by atoms with Crippen LogP contribution in [-0.2, 0) is 9.53 Å². The van der Waals surface area contributed by atoms with Crippen LogP contribution in [0.5, 0.6) is 0 Å². The van der Waals surface area contributed by atoms with E-state index in [0.717, 1.165) is 15.7 Å². The number of ether oxygens (including phenoxy) is 1. The molecule has 1 aromatic carbocycles. The Bertz CT molecular complexity index is 437. The van der Waals surface area contributed by atoms with Crippen LogP contribution in [0.3, 0.4) is 0 Å². The third-order valence-corrected chi connectivity index (χ3v) is 3.49. The maximum Gasteiger partial charge on any atom is 0.307 e. The third kappa shape index (κ3) is 4.50. The average Bonchev–Trinajstić information content (AvgIpc) is 2.26. The second-order valence-electron chi connectivity index (χ2n) is 4.14. The molecule has 5 heteroatoms. The van der Waals surface area contributed by atoms with Gasteiger partial charge in [-0.3, -0.25) is 4.79 Å². The van der Waals surface area contributed by atoms with Crippen LogP contribution in [0.15, 0.2) is 16.6 Å². The first-order valence-electron chi connectivity index (χ1n) is 5.81. The highest BCUT2D eigenvalue weighted by atomic mass is 79.9. The molecule has 1 unspecified atom stereocenters. The van der Waals surface area contributed by atoms with Gasteiger partial charge in [-0.05, 0) is 54.4 Å². The summed E-state index contributed by atoms with van der Waals surface area (Å²) >= 11 is 9.54. The van der Waals surface area contributed by atoms with Crippen molar-refractivity contribution in [3.63, 3.8) is 0 Å². The van der Waals surface area contributed by atoms with E-state index < -0.39 is 0 Å². The minimum atomic E-state index is -0.202. The first kappa shape index (κ1) is 15.3. The van der Waals surface area contributed by atoms with Crippen molar-refractivity contribution in [2.24, 2.45) is 0 Å². The van der Waals surface area contributed by atoms with E-state index in [9.17, 15) is 4.79 Å². The predicted molar refractivity (Wildman–Crippen MR) is 78.2 cm³/mol. The number of anilines is 1. The van der Waals surface area contributed by atoms with Crippen molar-refractivity contribution in [2.45, 2.75) is 33.2 Å². The summed E-state index contributed by atoms with van der Waals surface area (Å²) in [6.07, 6.45) is 0.325. The van der Waals surface area contributed by atoms with Crippen LogP contribution >= 0.6 is 27.5 Å². The number of nitrogens with one attached hydrogen (secondary N) is 1. The molecule has 0 saturated carbocycles. The van der Waals surface area contributed by atoms with Crippen molar-refractivity contribution >= 4 is 39.2 Å². The number of esters is 1. The molecule has 0 bridgehead atoms. The highest BCUT2D eigenvalue weighted by molar-refractivity contribution is 9.10. The monoisotopic (exact) mass is 333 g/mol. The minimum absolute atomic E-state index is 0.0147. The van der Waals surface area contributed by atoms with Crippen LogP contribution < -0.4 is 5.32 Å². The second-order valence-corrected chi connectivity index (χ2v) is 5.40. The van der Waals surface area contributed by atoms with E-state index in [-0.39, 0.29) is 12.0 Å². The Balaban J connectivity index is 2.67. The Labute approximate surface area is 121 Å². The van der Waals surface area contributed by atoms with E-state index in [4.69, 9.17) is 16.3 Å². The molecule has 1 aromatic rings. The van der Waals surface area contributed by atoms with Crippen LogP contribution in [0, 0.1) is 6.92 Å². The summed E-state index contributed by atoms with van der Waals surface area (Å²) < 4.78 is 5.84. The number of hydrogen-bond acceptors (Lipinski definition) is 3. The second kappa shape index (κ2) is 7.00. The molecule has 0 heterocycles. The van der Waals surface area contributed by atoms with Gasteiger partial charge in [-0.25, -0.2) is 0 Å². The number of halogens is 2. The molecule has 0 radical (unpaired) electrons. The fourth-order valence-electron chi connectivity index (χ4n) is 1.54. The zero-order valence-electron chi connectivity index (χ0n) is 10.7. The Morgan fingerprint density at radius 2 is 2.22 bits per heavy atom. The molecule has 0 amide bonds. The van der Waals surface area contributed by atoms with Gasteiger partial charge in [0.15, 0.2) is 0 Å². The third-order valence-electron chi connectivity index (χ3n) is 2.43. The van der Waals surface area contributed by atoms with Crippen molar-refractivity contribution in [3.05, 3.63) is 27.2 Å². The molecule has 18 heavy (non-hydrogen) atoms. The van der Waals surface area contributed by atoms with Crippen molar-refractivity contribution in [1.29, 1.82) is 0 Å². The van der Waals surface area contributed by atoms with Crippen LogP contribution in [0.25, 0.3) is 0 Å². The van der Waals surface area contributed by atoms with Crippen LogP contribution in [0.2, 0.25) is 5.02 Å². The van der Waals surface area contributed by atoms with E-state index in [1.54, 1.807) is 6.92 Å². The smallest absolute Gasteiger partial charge is 0.307 e. The van der Waals surface area contributed by atoms with E-state index >= 15 is 0 Å². The minimum Gasteiger partial charge on any atom is -0.466 e. The van der Waals surface area contributed by atoms with Crippen molar-refractivity contribution < 1.29 is 9.53 Å². The van der Waals surface area contributed by atoms with E-state index in [2.05, 4.69) is 21.2 Å². The number of benzene rings is 1. The summed E-state index contributed by atoms with van der Waals surface area (Å²) in [5.41, 5.74) is 1.88. The maximum absolute atomic E-state index is 11.3. The molecule has 1 rings (SSSR count). The fourth-order valence-corrected chi connectivity index (χ4v) is 2.28. The van der Waals surface area contributed by atoms with Gasteiger partial charge in [0.2, 0.25) is 0 Å². The topological polar surface area (TPSA) is 38.3 Å². The summed E-state index contributed by atoms with van der Waals surface area (Å²) in [5, 5.41) is 3.93. The Hall–Kier alpha value is -0.740. The summed E-state index contributed by atoms with van der Waals surface area (Å²) in [7, 11) is 0. The molecule has 1 atom stereocenters. The molecular weight excluding hydrogens is 318 g/mol. The molecule has 3 nitrogen and oxygen atoms in total. The summed E-state index contributed by atoms with van der Waals surface area (Å²) in [6, 6.07) is 3.78. The lowest BCUT2D eigenvalue weighted by atomic mass is 10.2. The molecule has 0 spiro atoms. The Morgan fingerprint density at radius 3 is 2.83 bits per heavy atom. The van der Waals surface area contributed by atoms with Gasteiger partial charge in [0, 0.05) is 15.5 Å². The fraction of sp³-hybridized carbons (Fsp3) is 0.462. The van der Waals surface area contributed by atoms with Crippen molar-refractivity contribution in [2.75, 3.05) is 11.9 Å². The molecule has 0 aliphatic carbocycles. The molecule has 100 valence electrons. The SMILES string of the molecule is CCOC(=O)CC(C)Nc1cc(Cl)c(C)cc1Br. The lowest BCUT2D eigenvalue weighted by molar-refractivity contribution is -0.143. The van der Waals surface area contributed by atoms with Gasteiger partial charge in [0.25, 0.3) is 0 Å². The normalized spacial score (nSPS) is 12.1. The quantitative estimate of drug-likeness (QED) is 0.822. The van der Waals surface area contributed by atoms with Crippen LogP contribution in [0.4, 0.5) is 5.69 Å². The largest absolute Gasteiger partial charge is 0.466 e. The number of carbonyl (C=O) groups is 1. The van der Waals surface area contributed by atoms with E-state index in [0.29, 0.717) is 18.1 Å². The van der Waals surface area contributed by atoms with Crippen LogP contribution in [-0.4, -0.2) is 18.6 Å². The zero-order chi connectivity index (χ0) is 13.7. The van der Waals surface area contributed by atoms with Gasteiger partial charge >= 0.3 is 5.97 Å². The lowest BCUT2D eigenvalue weighted by Gasteiger charge is -2.16. The zero-order valence-corrected chi connectivity index (χ0v) is 13.1. The van der Waals surface area contributed by atoms with Crippen LogP contribution in [0.1, 0.15) is 25.8 Å². The van der Waals surface area contributed by atoms with Gasteiger partial charge in [0.05, 0.1) is 18.7 Å². The number of aryl methyl sites for hydroxylation is 1. The Kier molecular flexibility index (Phi) is 5.96. The molecule has 0 aromatic heterocycles. The Morgan fingerprint density at radius 1 is 1.56 bits per heavy atom. The van der Waals surface area contributed by atoms with Crippen molar-refractivity contribution in [1.82, 2.24) is 0 Å². The van der Waals surface area contributed by atoms with E-state index in [1.807, 2.05) is 26.0 Å². The van der Waals surface area contributed by atoms with Gasteiger partial charge in [-0.1, -0.05) is 11.6 Å². The first-order chi connectivity index (χ1) is 8.43. The standard InChI is InChI=1S/C13H17BrClNO2/c1-4-18-13(17)6-9(3)16-12-7-11(15)8(2)5-10(12)14/h5,7,9,16H,4,6H2,1-3H3. The first-order valence-corrected chi connectivity index (χ1v) is 6.99. The molecular formula is C13H17BrClNO2. The van der Waals surface area contributed by atoms with Gasteiger partial charge in [-0.15, -0.1) is 0 Å². The number of carbonyl (C=O) groups excluding carboxylic acids is 1. The highest BCUT2D eigenvalue weighted by Gasteiger charge is 2.12. The summed E-state index contributed by atoms with van der Waals surface area (Å²) in [6.45, 7) is 6.08. The van der Waals surface area contributed by atoms with Gasteiger partial charge in [-0.2, -0.15) is 0 Å². The average molecular weight is 335 g/mol. The summed E-state index contributed by atoms with van der Waals surface area (Å²) in [5.74, 6) is -0.202. The highest BCUT2D eigenvalue weighted by Crippen LogP contribution is 2.29. The molecule has 1 N–H and O–H groups in total. The molecule has 0 fully saturated rings. The number of hydrogen-bond donors (Lipinski definition) is 1. The molecule has 0 saturated heterocycles. The van der Waals surface area contributed by atoms with Gasteiger partial charge < -0.3 is 10.1 Å². The maximum atomic E-state index is 11.3.